The van der Waals surface area contributed by atoms with Crippen LogP contribution in [0, 0.1) is 0 Å². The van der Waals surface area contributed by atoms with Crippen molar-refractivity contribution in [2.75, 3.05) is 17.8 Å². The quantitative estimate of drug-likeness (QED) is 0.198. The number of methoxy groups -OCH3 is 1. The molecule has 35 heavy (non-hydrogen) atoms. The number of anilines is 1. The Hall–Kier alpha value is -3.14. The van der Waals surface area contributed by atoms with Crippen molar-refractivity contribution in [2.45, 2.75) is 5.37 Å². The second-order valence-electron chi connectivity index (χ2n) is 7.70. The zero-order chi connectivity index (χ0) is 24.5. The van der Waals surface area contributed by atoms with Gasteiger partial charge in [-0.05, 0) is 54.6 Å². The number of carbonyl (C=O) groups is 1. The Morgan fingerprint density at radius 1 is 1.11 bits per heavy atom. The number of phenolic OH excluding ortho intramolecular Hbond substituents is 1. The van der Waals surface area contributed by atoms with E-state index in [1.54, 1.807) is 18.1 Å². The van der Waals surface area contributed by atoms with Gasteiger partial charge in [-0.25, -0.2) is 4.98 Å². The monoisotopic (exact) mass is 568 g/mol. The molecule has 0 bridgehead atoms. The van der Waals surface area contributed by atoms with Gasteiger partial charge in [-0.2, -0.15) is 5.11 Å². The molecule has 0 aliphatic carbocycles. The largest absolute Gasteiger partial charge is 0.508 e. The highest BCUT2D eigenvalue weighted by Gasteiger charge is 2.37. The van der Waals surface area contributed by atoms with E-state index in [-0.39, 0.29) is 17.4 Å². The van der Waals surface area contributed by atoms with E-state index in [2.05, 4.69) is 31.1 Å². The summed E-state index contributed by atoms with van der Waals surface area (Å²) in [7, 11) is 1.59. The first-order chi connectivity index (χ1) is 16.9. The van der Waals surface area contributed by atoms with Crippen molar-refractivity contribution in [1.29, 1.82) is 0 Å². The Balaban J connectivity index is 1.56. The van der Waals surface area contributed by atoms with E-state index in [1.165, 1.54) is 23.9 Å². The highest BCUT2D eigenvalue weighted by atomic mass is 79.9. The summed E-state index contributed by atoms with van der Waals surface area (Å²) >= 11 is 11.4. The van der Waals surface area contributed by atoms with Gasteiger partial charge in [-0.1, -0.05) is 27.5 Å². The molecular weight excluding hydrogens is 552 g/mol. The Kier molecular flexibility index (Phi) is 6.64. The molecule has 5 rings (SSSR count). The molecule has 4 aromatic rings. The fraction of sp³-hybridized carbons (Fsp3) is 0.120. The van der Waals surface area contributed by atoms with Crippen LogP contribution < -0.4 is 9.64 Å². The molecule has 1 amide bonds. The molecule has 0 radical (unpaired) electrons. The summed E-state index contributed by atoms with van der Waals surface area (Å²) in [6.07, 6.45) is 0. The molecule has 1 N–H and O–H groups in total. The lowest BCUT2D eigenvalue weighted by Gasteiger charge is -2.26. The fourth-order valence-electron chi connectivity index (χ4n) is 3.76. The van der Waals surface area contributed by atoms with Gasteiger partial charge in [0.2, 0.25) is 5.91 Å². The minimum atomic E-state index is -0.447. The summed E-state index contributed by atoms with van der Waals surface area (Å²) in [5, 5.41) is 19.6. The van der Waals surface area contributed by atoms with E-state index < -0.39 is 5.37 Å². The third kappa shape index (κ3) is 4.84. The summed E-state index contributed by atoms with van der Waals surface area (Å²) in [6.45, 7) is 0. The number of phenols is 1. The molecule has 3 aromatic carbocycles. The van der Waals surface area contributed by atoms with Crippen molar-refractivity contribution in [3.8, 4) is 11.5 Å². The lowest BCUT2D eigenvalue weighted by atomic mass is 10.1. The molecule has 10 heteroatoms. The van der Waals surface area contributed by atoms with Crippen LogP contribution in [0.25, 0.3) is 10.9 Å². The standard InChI is InChI=1S/C25H18BrClN4O3S/c1-34-18-8-2-14-10-19(24(27)28-21(14)12-18)25-31(23(33)13-35-25)22-11-17(32)7-9-20(22)30-29-16-5-3-15(26)4-6-16/h2-12,25,32H,13H2,1H3. The van der Waals surface area contributed by atoms with Gasteiger partial charge in [-0.15, -0.1) is 16.9 Å². The number of benzene rings is 3. The maximum Gasteiger partial charge on any atom is 0.238 e. The molecule has 176 valence electrons. The first-order valence-corrected chi connectivity index (χ1v) is 12.7. The number of rotatable bonds is 5. The lowest BCUT2D eigenvalue weighted by molar-refractivity contribution is -0.115. The predicted molar refractivity (Wildman–Crippen MR) is 142 cm³/mol. The van der Waals surface area contributed by atoms with Crippen molar-refractivity contribution in [1.82, 2.24) is 4.98 Å². The molecule has 7 nitrogen and oxygen atoms in total. The van der Waals surface area contributed by atoms with Gasteiger partial charge in [-0.3, -0.25) is 9.69 Å². The van der Waals surface area contributed by atoms with Crippen LogP contribution in [0.15, 0.2) is 81.4 Å². The highest BCUT2D eigenvalue weighted by molar-refractivity contribution is 9.10. The van der Waals surface area contributed by atoms with Crippen molar-refractivity contribution >= 4 is 73.2 Å². The van der Waals surface area contributed by atoms with Crippen LogP contribution in [0.1, 0.15) is 10.9 Å². The van der Waals surface area contributed by atoms with E-state index in [4.69, 9.17) is 16.3 Å². The predicted octanol–water partition coefficient (Wildman–Crippen LogP) is 7.56. The second-order valence-corrected chi connectivity index (χ2v) is 10.0. The van der Waals surface area contributed by atoms with Crippen LogP contribution in [0.4, 0.5) is 17.1 Å². The van der Waals surface area contributed by atoms with Gasteiger partial charge in [0.15, 0.2) is 0 Å². The van der Waals surface area contributed by atoms with E-state index >= 15 is 0 Å². The number of aromatic hydroxyl groups is 1. The summed E-state index contributed by atoms with van der Waals surface area (Å²) < 4.78 is 6.21. The number of amides is 1. The number of hydrogen-bond donors (Lipinski definition) is 1. The lowest BCUT2D eigenvalue weighted by Crippen LogP contribution is -2.28. The van der Waals surface area contributed by atoms with Gasteiger partial charge in [0, 0.05) is 27.6 Å². The van der Waals surface area contributed by atoms with Gasteiger partial charge < -0.3 is 9.84 Å². The molecule has 1 atom stereocenters. The van der Waals surface area contributed by atoms with Gasteiger partial charge in [0.1, 0.15) is 27.7 Å². The number of ether oxygens (including phenoxy) is 1. The average Bonchev–Trinajstić information content (AvgIpc) is 3.24. The molecule has 0 spiro atoms. The number of fused-ring (bicyclic) bond motifs is 1. The van der Waals surface area contributed by atoms with Crippen LogP contribution in [0.2, 0.25) is 5.15 Å². The summed E-state index contributed by atoms with van der Waals surface area (Å²) in [6, 6.07) is 19.5. The molecule has 1 fully saturated rings. The minimum absolute atomic E-state index is 0.0147. The maximum atomic E-state index is 13.1. The second kappa shape index (κ2) is 9.85. The Morgan fingerprint density at radius 2 is 1.91 bits per heavy atom. The third-order valence-electron chi connectivity index (χ3n) is 5.46. The van der Waals surface area contributed by atoms with Crippen LogP contribution >= 0.6 is 39.3 Å². The van der Waals surface area contributed by atoms with Crippen molar-refractivity contribution in [3.63, 3.8) is 0 Å². The molecule has 1 aliphatic rings. The number of aromatic nitrogens is 1. The molecule has 0 saturated carbocycles. The zero-order valence-corrected chi connectivity index (χ0v) is 21.5. The molecule has 1 aromatic heterocycles. The molecule has 1 saturated heterocycles. The molecule has 2 heterocycles. The molecular formula is C25H18BrClN4O3S. The normalized spacial score (nSPS) is 15.9. The van der Waals surface area contributed by atoms with Gasteiger partial charge >= 0.3 is 0 Å². The fourth-order valence-corrected chi connectivity index (χ4v) is 5.52. The van der Waals surface area contributed by atoms with E-state index in [0.717, 1.165) is 9.86 Å². The number of hydrogen-bond acceptors (Lipinski definition) is 7. The van der Waals surface area contributed by atoms with E-state index in [9.17, 15) is 9.90 Å². The maximum absolute atomic E-state index is 13.1. The van der Waals surface area contributed by atoms with Crippen LogP contribution in [0.3, 0.4) is 0 Å². The third-order valence-corrected chi connectivity index (χ3v) is 7.48. The zero-order valence-electron chi connectivity index (χ0n) is 18.4. The van der Waals surface area contributed by atoms with E-state index in [1.807, 2.05) is 48.5 Å². The summed E-state index contributed by atoms with van der Waals surface area (Å²) in [5.41, 5.74) is 2.93. The molecule has 1 unspecified atom stereocenters. The average molecular weight is 570 g/mol. The minimum Gasteiger partial charge on any atom is -0.508 e. The van der Waals surface area contributed by atoms with Crippen molar-refractivity contribution < 1.29 is 14.6 Å². The Labute approximate surface area is 218 Å². The topological polar surface area (TPSA) is 87.4 Å². The van der Waals surface area contributed by atoms with Crippen LogP contribution in [0.5, 0.6) is 11.5 Å². The SMILES string of the molecule is COc1ccc2cc(C3SCC(=O)N3c3cc(O)ccc3N=Nc3ccc(Br)cc3)c(Cl)nc2c1. The smallest absolute Gasteiger partial charge is 0.238 e. The summed E-state index contributed by atoms with van der Waals surface area (Å²) in [4.78, 5) is 19.2. The van der Waals surface area contributed by atoms with Crippen LogP contribution in [-0.2, 0) is 4.79 Å². The summed E-state index contributed by atoms with van der Waals surface area (Å²) in [5.74, 6) is 0.819. The van der Waals surface area contributed by atoms with Crippen LogP contribution in [-0.4, -0.2) is 28.9 Å². The number of azo groups is 1. The number of thioether (sulfide) groups is 1. The first kappa shape index (κ1) is 23.6. The molecule has 1 aliphatic heterocycles. The first-order valence-electron chi connectivity index (χ1n) is 10.5. The Morgan fingerprint density at radius 3 is 2.69 bits per heavy atom. The highest BCUT2D eigenvalue weighted by Crippen LogP contribution is 2.48. The van der Waals surface area contributed by atoms with Crippen molar-refractivity contribution in [3.05, 3.63) is 81.9 Å². The van der Waals surface area contributed by atoms with Gasteiger partial charge in [0.25, 0.3) is 0 Å². The Bertz CT molecular complexity index is 1470. The number of pyridine rings is 1. The number of halogens is 2. The van der Waals surface area contributed by atoms with Gasteiger partial charge in [0.05, 0.1) is 29.8 Å². The van der Waals surface area contributed by atoms with E-state index in [0.29, 0.717) is 39.0 Å². The number of nitrogens with zero attached hydrogens (tertiary/aromatic N) is 4. The number of carbonyl (C=O) groups excluding carboxylic acids is 1. The van der Waals surface area contributed by atoms with Crippen molar-refractivity contribution in [2.24, 2.45) is 10.2 Å².